The Kier molecular flexibility index (Phi) is 8.73. The van der Waals surface area contributed by atoms with E-state index in [2.05, 4.69) is 11.2 Å². The molecule has 1 unspecified atom stereocenters. The molecule has 160 valence electrons. The summed E-state index contributed by atoms with van der Waals surface area (Å²) in [5, 5.41) is 0. The largest absolute Gasteiger partial charge is 0.463 e. The lowest BCUT2D eigenvalue weighted by Crippen LogP contribution is -2.63. The zero-order valence-electron chi connectivity index (χ0n) is 15.6. The molecule has 1 heterocycles. The van der Waals surface area contributed by atoms with Gasteiger partial charge in [0.1, 0.15) is 27.6 Å². The standard InChI is InChI=1S/C15H22O11S2/c1-7(16)22-5-11-13(23-8(2)17)15(25-10(4)19)14(24-9(3)18)12(26-11)6-28(20,21)27/h11-15H,5-6H2,1-4H3,(H,20,21,27)/t11-,12+,13-,14-,15+/m1/s1. The van der Waals surface area contributed by atoms with E-state index >= 15 is 0 Å². The summed E-state index contributed by atoms with van der Waals surface area (Å²) in [4.78, 5) is 45.8. The van der Waals surface area contributed by atoms with Crippen molar-refractivity contribution in [3.63, 3.8) is 0 Å². The summed E-state index contributed by atoms with van der Waals surface area (Å²) >= 11 is 4.49. The molecule has 6 atom stereocenters. The van der Waals surface area contributed by atoms with E-state index in [4.69, 9.17) is 23.7 Å². The summed E-state index contributed by atoms with van der Waals surface area (Å²) in [5.41, 5.74) is 0. The van der Waals surface area contributed by atoms with E-state index in [0.717, 1.165) is 27.7 Å². The van der Waals surface area contributed by atoms with Gasteiger partial charge >= 0.3 is 23.9 Å². The van der Waals surface area contributed by atoms with E-state index in [0.29, 0.717) is 0 Å². The van der Waals surface area contributed by atoms with Crippen molar-refractivity contribution in [1.29, 1.82) is 0 Å². The highest BCUT2D eigenvalue weighted by Crippen LogP contribution is 2.30. The molecular formula is C15H22O11S2. The Bertz CT molecular complexity index is 717. The Hall–Kier alpha value is -1.83. The number of hydrogen-bond acceptors (Lipinski definition) is 11. The summed E-state index contributed by atoms with van der Waals surface area (Å²) in [5.74, 6) is -3.68. The molecule has 1 aliphatic heterocycles. The molecule has 0 aliphatic carbocycles. The van der Waals surface area contributed by atoms with Crippen LogP contribution in [0, 0.1) is 0 Å². The van der Waals surface area contributed by atoms with Gasteiger partial charge in [-0.25, -0.2) is 4.21 Å². The second-order valence-electron chi connectivity index (χ2n) is 5.99. The molecule has 1 aliphatic rings. The van der Waals surface area contributed by atoms with Crippen LogP contribution in [-0.4, -0.2) is 75.5 Å². The van der Waals surface area contributed by atoms with Crippen molar-refractivity contribution in [3.05, 3.63) is 0 Å². The van der Waals surface area contributed by atoms with Gasteiger partial charge in [0.25, 0.3) is 0 Å². The van der Waals surface area contributed by atoms with Crippen molar-refractivity contribution < 1.29 is 51.6 Å². The first kappa shape index (κ1) is 24.2. The summed E-state index contributed by atoms with van der Waals surface area (Å²) in [6.45, 7) is 3.94. The number of rotatable bonds is 7. The molecule has 0 aromatic rings. The first-order chi connectivity index (χ1) is 12.8. The summed E-state index contributed by atoms with van der Waals surface area (Å²) < 4.78 is 47.2. The SMILES string of the molecule is CC(=O)OC[C@H]1O[C@@H](CS(=O)(O)=S)[C@@H](OC(C)=O)[C@@H](OC(C)=O)[C@@H]1OC(C)=O. The molecule has 0 saturated carbocycles. The van der Waals surface area contributed by atoms with Gasteiger partial charge in [-0.2, -0.15) is 0 Å². The van der Waals surface area contributed by atoms with Gasteiger partial charge in [-0.3, -0.25) is 19.2 Å². The minimum absolute atomic E-state index is 0.418. The lowest BCUT2D eigenvalue weighted by molar-refractivity contribution is -0.248. The van der Waals surface area contributed by atoms with Crippen LogP contribution in [0.2, 0.25) is 0 Å². The first-order valence-corrected chi connectivity index (χ1v) is 10.7. The molecule has 0 spiro atoms. The Labute approximate surface area is 166 Å². The number of hydrogen-bond donors (Lipinski definition) is 1. The topological polar surface area (TPSA) is 152 Å². The zero-order chi connectivity index (χ0) is 21.6. The van der Waals surface area contributed by atoms with Gasteiger partial charge in [0.15, 0.2) is 18.3 Å². The quantitative estimate of drug-likeness (QED) is 0.393. The van der Waals surface area contributed by atoms with Crippen LogP contribution in [0.25, 0.3) is 0 Å². The second kappa shape index (κ2) is 10.1. The molecule has 1 N–H and O–H groups in total. The van der Waals surface area contributed by atoms with Gasteiger partial charge in [-0.05, 0) is 0 Å². The molecule has 0 aromatic carbocycles. The van der Waals surface area contributed by atoms with Crippen LogP contribution >= 0.6 is 0 Å². The smallest absolute Gasteiger partial charge is 0.303 e. The lowest BCUT2D eigenvalue weighted by Gasteiger charge is -2.44. The molecule has 0 amide bonds. The maximum atomic E-state index is 11.7. The molecule has 0 bridgehead atoms. The van der Waals surface area contributed by atoms with E-state index in [-0.39, 0.29) is 0 Å². The zero-order valence-corrected chi connectivity index (χ0v) is 17.3. The second-order valence-corrected chi connectivity index (χ2v) is 9.05. The molecule has 1 fully saturated rings. The van der Waals surface area contributed by atoms with Crippen LogP contribution in [0.5, 0.6) is 0 Å². The third-order valence-electron chi connectivity index (χ3n) is 3.46. The molecule has 0 aromatic heterocycles. The van der Waals surface area contributed by atoms with Crippen molar-refractivity contribution in [2.45, 2.75) is 58.2 Å². The molecule has 28 heavy (non-hydrogen) atoms. The van der Waals surface area contributed by atoms with E-state index in [1.807, 2.05) is 0 Å². The molecule has 13 heteroatoms. The van der Waals surface area contributed by atoms with Crippen LogP contribution in [0.1, 0.15) is 27.7 Å². The van der Waals surface area contributed by atoms with Gasteiger partial charge in [-0.1, -0.05) is 0 Å². The summed E-state index contributed by atoms with van der Waals surface area (Å²) in [7, 11) is -3.78. The maximum absolute atomic E-state index is 11.7. The van der Waals surface area contributed by atoms with Crippen LogP contribution < -0.4 is 0 Å². The average molecular weight is 442 g/mol. The van der Waals surface area contributed by atoms with E-state index < -0.39 is 75.5 Å². The third kappa shape index (κ3) is 8.04. The normalized spacial score (nSPS) is 29.1. The molecular weight excluding hydrogens is 420 g/mol. The van der Waals surface area contributed by atoms with E-state index in [1.54, 1.807) is 0 Å². The van der Waals surface area contributed by atoms with Gasteiger partial charge in [0, 0.05) is 38.9 Å². The van der Waals surface area contributed by atoms with Crippen molar-refractivity contribution in [1.82, 2.24) is 0 Å². The predicted octanol–water partition coefficient (Wildman–Crippen LogP) is -0.669. The van der Waals surface area contributed by atoms with Crippen molar-refractivity contribution in [3.8, 4) is 0 Å². The van der Waals surface area contributed by atoms with Crippen LogP contribution in [0.15, 0.2) is 0 Å². The van der Waals surface area contributed by atoms with Crippen molar-refractivity contribution >= 4 is 43.8 Å². The number of ether oxygens (including phenoxy) is 5. The highest BCUT2D eigenvalue weighted by atomic mass is 32.8. The fraction of sp³-hybridized carbons (Fsp3) is 0.733. The fourth-order valence-electron chi connectivity index (χ4n) is 2.66. The van der Waals surface area contributed by atoms with E-state index in [9.17, 15) is 27.9 Å². The predicted molar refractivity (Wildman–Crippen MR) is 95.0 cm³/mol. The van der Waals surface area contributed by atoms with Crippen molar-refractivity contribution in [2.75, 3.05) is 12.4 Å². The number of carbonyl (C=O) groups excluding carboxylic acids is 4. The molecule has 0 radical (unpaired) electrons. The monoisotopic (exact) mass is 442 g/mol. The van der Waals surface area contributed by atoms with Gasteiger partial charge in [-0.15, -0.1) is 0 Å². The van der Waals surface area contributed by atoms with Gasteiger partial charge in [0.2, 0.25) is 0 Å². The van der Waals surface area contributed by atoms with Gasteiger partial charge in [0.05, 0.1) is 5.75 Å². The molecule has 1 saturated heterocycles. The summed E-state index contributed by atoms with van der Waals surface area (Å²) in [6, 6.07) is 0. The van der Waals surface area contributed by atoms with Gasteiger partial charge < -0.3 is 28.2 Å². The van der Waals surface area contributed by atoms with Crippen LogP contribution in [0.4, 0.5) is 0 Å². The Morgan fingerprint density at radius 1 is 0.857 bits per heavy atom. The Morgan fingerprint density at radius 3 is 1.68 bits per heavy atom. The van der Waals surface area contributed by atoms with E-state index in [1.165, 1.54) is 0 Å². The third-order valence-corrected chi connectivity index (χ3v) is 4.62. The molecule has 1 rings (SSSR count). The first-order valence-electron chi connectivity index (χ1n) is 8.05. The highest BCUT2D eigenvalue weighted by molar-refractivity contribution is 8.29. The molecule has 11 nitrogen and oxygen atoms in total. The van der Waals surface area contributed by atoms with Crippen LogP contribution in [-0.2, 0) is 62.8 Å². The minimum Gasteiger partial charge on any atom is -0.463 e. The number of carbonyl (C=O) groups is 4. The minimum atomic E-state index is -3.78. The Morgan fingerprint density at radius 2 is 1.29 bits per heavy atom. The Balaban J connectivity index is 3.36. The maximum Gasteiger partial charge on any atom is 0.303 e. The number of esters is 4. The van der Waals surface area contributed by atoms with Crippen molar-refractivity contribution in [2.24, 2.45) is 0 Å². The van der Waals surface area contributed by atoms with Crippen LogP contribution in [0.3, 0.4) is 0 Å². The average Bonchev–Trinajstić information content (AvgIpc) is 2.48. The lowest BCUT2D eigenvalue weighted by atomic mass is 9.95. The summed E-state index contributed by atoms with van der Waals surface area (Å²) in [6.07, 6.45) is -6.57. The fourth-order valence-corrected chi connectivity index (χ4v) is 3.75. The highest BCUT2D eigenvalue weighted by Gasteiger charge is 2.52.